The minimum Gasteiger partial charge on any atom is -0.490 e. The number of carbonyl (C=O) groups excluding carboxylic acids is 3. The summed E-state index contributed by atoms with van der Waals surface area (Å²) >= 11 is 7.96. The lowest BCUT2D eigenvalue weighted by Gasteiger charge is -2.36. The Hall–Kier alpha value is -6.95. The standard InChI is InChI=1S/C54H58ClN11O5S/c1-29(2)50(53(70)64-28-42(67)24-46(64)52(69)58-31(4)35-13-17-41(18-14-35)63-20-19-56-33(63)6)65-27-38(26-57-65)37-9-8-10-43(21-37)71-44-22-40(23-44)59-47(68)25-45-51-62-61-34(7)66(51)54-48(30(3)32(5)72-54)49(60-45)36-11-15-39(55)16-12-36/h8-21,26-27,29,31,40,42,44-46,50,67H,22-25,28H2,1-7H3,(H,58,69)(H,59,68)/t31-,40-,42+,44+,45-,46-,50?/m0/s1. The molecule has 1 saturated heterocycles. The summed E-state index contributed by atoms with van der Waals surface area (Å²) in [7, 11) is 0. The van der Waals surface area contributed by atoms with Gasteiger partial charge in [0, 0.05) is 82.7 Å². The number of thiophene rings is 1. The van der Waals surface area contributed by atoms with E-state index in [1.807, 2.05) is 129 Å². The molecule has 3 aromatic carbocycles. The van der Waals surface area contributed by atoms with Gasteiger partial charge in [0.1, 0.15) is 46.6 Å². The van der Waals surface area contributed by atoms with Crippen molar-refractivity contribution in [3.63, 3.8) is 0 Å². The van der Waals surface area contributed by atoms with Gasteiger partial charge in [0.05, 0.1) is 30.5 Å². The Kier molecular flexibility index (Phi) is 13.5. The molecule has 4 aromatic heterocycles. The first-order valence-corrected chi connectivity index (χ1v) is 25.7. The van der Waals surface area contributed by atoms with Gasteiger partial charge in [-0.05, 0) is 93.6 Å². The second kappa shape index (κ2) is 19.9. The van der Waals surface area contributed by atoms with Crippen LogP contribution in [0.4, 0.5) is 0 Å². The summed E-state index contributed by atoms with van der Waals surface area (Å²) in [5.41, 5.74) is 7.39. The maximum Gasteiger partial charge on any atom is 0.248 e. The van der Waals surface area contributed by atoms with Crippen LogP contribution in [0.15, 0.2) is 103 Å². The number of nitrogens with one attached hydrogen (secondary N) is 2. The first-order valence-electron chi connectivity index (χ1n) is 24.5. The lowest BCUT2D eigenvalue weighted by Crippen LogP contribution is -2.49. The largest absolute Gasteiger partial charge is 0.490 e. The van der Waals surface area contributed by atoms with Gasteiger partial charge in [-0.1, -0.05) is 61.8 Å². The van der Waals surface area contributed by atoms with E-state index >= 15 is 0 Å². The summed E-state index contributed by atoms with van der Waals surface area (Å²) in [5, 5.41) is 32.4. The van der Waals surface area contributed by atoms with Crippen molar-refractivity contribution in [3.05, 3.63) is 147 Å². The van der Waals surface area contributed by atoms with Gasteiger partial charge in [0.25, 0.3) is 0 Å². The zero-order valence-electron chi connectivity index (χ0n) is 41.3. The fraction of sp³-hybridized carbons (Fsp3) is 0.370. The lowest BCUT2D eigenvalue weighted by atomic mass is 9.89. The highest BCUT2D eigenvalue weighted by Gasteiger charge is 2.43. The normalized spacial score (nSPS) is 20.2. The van der Waals surface area contributed by atoms with Crippen LogP contribution >= 0.6 is 22.9 Å². The summed E-state index contributed by atoms with van der Waals surface area (Å²) < 4.78 is 12.1. The number of halogens is 1. The van der Waals surface area contributed by atoms with Crippen LogP contribution in [0.1, 0.15) is 109 Å². The second-order valence-corrected chi connectivity index (χ2v) is 21.2. The predicted octanol–water partition coefficient (Wildman–Crippen LogP) is 8.31. The molecule has 10 rings (SSSR count). The third-order valence-electron chi connectivity index (χ3n) is 14.2. The number of aliphatic hydroxyl groups excluding tert-OH is 1. The molecule has 2 aliphatic heterocycles. The molecule has 0 radical (unpaired) electrons. The van der Waals surface area contributed by atoms with E-state index in [-0.39, 0.29) is 61.2 Å². The SMILES string of the molecule is Cc1sc2c(c1C)C(c1ccc(Cl)cc1)=N[C@@H](CC(=O)N[C@H]1C[C@@H](Oc3cccc(-c4cnn(C(C(=O)N5C[C@H](O)C[C@H]5C(=O)N[C@@H](C)c5ccc(-n6ccnc6C)cc5)C(C)C)c4)c3)C1)c1nnc(C)n1-2. The Bertz CT molecular complexity index is 3190. The number of aliphatic imine (C=N–C) groups is 1. The van der Waals surface area contributed by atoms with Gasteiger partial charge in [0.15, 0.2) is 5.82 Å². The first kappa shape index (κ1) is 48.7. The van der Waals surface area contributed by atoms with Crippen LogP contribution in [0, 0.1) is 33.6 Å². The van der Waals surface area contributed by atoms with Gasteiger partial charge in [-0.3, -0.25) is 28.6 Å². The van der Waals surface area contributed by atoms with Crippen molar-refractivity contribution >= 4 is 46.4 Å². The minimum atomic E-state index is -0.840. The highest BCUT2D eigenvalue weighted by atomic mass is 35.5. The molecule has 3 N–H and O–H groups in total. The molecule has 72 heavy (non-hydrogen) atoms. The molecule has 7 aromatic rings. The second-order valence-electron chi connectivity index (χ2n) is 19.6. The maximum atomic E-state index is 14.4. The third kappa shape index (κ3) is 9.60. The molecule has 16 nitrogen and oxygen atoms in total. The number of amides is 3. The number of aromatic nitrogens is 7. The Morgan fingerprint density at radius 3 is 2.40 bits per heavy atom. The summed E-state index contributed by atoms with van der Waals surface area (Å²) in [4.78, 5) is 54.3. The number of aliphatic hydroxyl groups is 1. The van der Waals surface area contributed by atoms with Crippen LogP contribution in [-0.4, -0.2) is 98.4 Å². The predicted molar refractivity (Wildman–Crippen MR) is 276 cm³/mol. The molecule has 2 fully saturated rings. The van der Waals surface area contributed by atoms with Gasteiger partial charge in [-0.2, -0.15) is 5.10 Å². The van der Waals surface area contributed by atoms with E-state index in [9.17, 15) is 19.5 Å². The van der Waals surface area contributed by atoms with Crippen molar-refractivity contribution in [2.75, 3.05) is 6.54 Å². The van der Waals surface area contributed by atoms with E-state index in [1.165, 1.54) is 9.78 Å². The van der Waals surface area contributed by atoms with Crippen molar-refractivity contribution in [2.45, 2.75) is 117 Å². The monoisotopic (exact) mass is 1010 g/mol. The smallest absolute Gasteiger partial charge is 0.248 e. The number of β-amino-alcohol motifs (C(OH)–C–C–N with tert-alkyl or cyclic N) is 1. The summed E-state index contributed by atoms with van der Waals surface area (Å²) in [5.74, 6) is 2.02. The number of likely N-dealkylation sites (tertiary alicyclic amines) is 1. The minimum absolute atomic E-state index is 0.0490. The molecule has 0 spiro atoms. The van der Waals surface area contributed by atoms with Crippen molar-refractivity contribution in [1.29, 1.82) is 0 Å². The molecule has 3 aliphatic rings. The first-order chi connectivity index (χ1) is 34.6. The van der Waals surface area contributed by atoms with Gasteiger partial charge in [-0.15, -0.1) is 21.5 Å². The van der Waals surface area contributed by atoms with Gasteiger partial charge >= 0.3 is 0 Å². The molecule has 18 heteroatoms. The molecule has 1 saturated carbocycles. The van der Waals surface area contributed by atoms with Crippen LogP contribution in [0.25, 0.3) is 21.8 Å². The fourth-order valence-corrected chi connectivity index (χ4v) is 11.4. The van der Waals surface area contributed by atoms with Gasteiger partial charge < -0.3 is 29.9 Å². The lowest BCUT2D eigenvalue weighted by molar-refractivity contribution is -0.142. The van der Waals surface area contributed by atoms with E-state index in [4.69, 9.17) is 21.3 Å². The van der Waals surface area contributed by atoms with Crippen LogP contribution in [0.2, 0.25) is 5.02 Å². The highest BCUT2D eigenvalue weighted by Crippen LogP contribution is 2.40. The number of hydrogen-bond acceptors (Lipinski definition) is 11. The molecular weight excluding hydrogens is 950 g/mol. The van der Waals surface area contributed by atoms with E-state index in [2.05, 4.69) is 44.8 Å². The number of aryl methyl sites for hydroxylation is 3. The number of hydrogen-bond donors (Lipinski definition) is 3. The van der Waals surface area contributed by atoms with Crippen LogP contribution in [0.3, 0.4) is 0 Å². The van der Waals surface area contributed by atoms with Crippen molar-refractivity contribution in [2.24, 2.45) is 10.9 Å². The van der Waals surface area contributed by atoms with Crippen LogP contribution in [0.5, 0.6) is 5.75 Å². The maximum absolute atomic E-state index is 14.4. The highest BCUT2D eigenvalue weighted by molar-refractivity contribution is 7.15. The van der Waals surface area contributed by atoms with Crippen molar-refractivity contribution in [1.82, 2.24) is 49.6 Å². The Balaban J connectivity index is 0.762. The van der Waals surface area contributed by atoms with E-state index in [0.29, 0.717) is 29.4 Å². The fourth-order valence-electron chi connectivity index (χ4n) is 10.1. The molecule has 5 atom stereocenters. The third-order valence-corrected chi connectivity index (χ3v) is 15.6. The number of rotatable bonds is 14. The average Bonchev–Trinajstić information content (AvgIpc) is 4.19. The molecular formula is C54H58ClN11O5S. The van der Waals surface area contributed by atoms with E-state index < -0.39 is 24.2 Å². The number of carbonyl (C=O) groups is 3. The van der Waals surface area contributed by atoms with E-state index in [0.717, 1.165) is 61.4 Å². The number of fused-ring (bicyclic) bond motifs is 3. The van der Waals surface area contributed by atoms with Crippen LogP contribution in [-0.2, 0) is 14.4 Å². The summed E-state index contributed by atoms with van der Waals surface area (Å²) in [6.45, 7) is 13.9. The summed E-state index contributed by atoms with van der Waals surface area (Å²) in [6.07, 6.45) is 7.81. The van der Waals surface area contributed by atoms with Crippen LogP contribution < -0.4 is 15.4 Å². The van der Waals surface area contributed by atoms with Crippen molar-refractivity contribution in [3.8, 4) is 27.6 Å². The Labute approximate surface area is 427 Å². The molecule has 3 amide bonds. The number of ether oxygens (including phenoxy) is 1. The summed E-state index contributed by atoms with van der Waals surface area (Å²) in [6, 6.07) is 20.8. The topological polar surface area (TPSA) is 187 Å². The number of imidazole rings is 1. The van der Waals surface area contributed by atoms with Crippen molar-refractivity contribution < 1.29 is 24.2 Å². The van der Waals surface area contributed by atoms with Gasteiger partial charge in [0.2, 0.25) is 17.7 Å². The molecule has 1 unspecified atom stereocenters. The Morgan fingerprint density at radius 1 is 0.917 bits per heavy atom. The zero-order valence-corrected chi connectivity index (χ0v) is 42.9. The zero-order chi connectivity index (χ0) is 50.5. The molecule has 0 bridgehead atoms. The molecule has 372 valence electrons. The number of benzene rings is 3. The quantitative estimate of drug-likeness (QED) is 0.0964. The van der Waals surface area contributed by atoms with E-state index in [1.54, 1.807) is 28.4 Å². The average molecular weight is 1010 g/mol. The Morgan fingerprint density at radius 2 is 1.68 bits per heavy atom. The molecule has 1 aliphatic carbocycles. The molecule has 6 heterocycles. The van der Waals surface area contributed by atoms with Gasteiger partial charge in [-0.25, -0.2) is 4.98 Å². The number of nitrogens with zero attached hydrogens (tertiary/aromatic N) is 9.